The number of rotatable bonds is 5. The Morgan fingerprint density at radius 3 is 2.54 bits per heavy atom. The van der Waals surface area contributed by atoms with Crippen LogP contribution < -0.4 is 0 Å². The lowest BCUT2D eigenvalue weighted by Gasteiger charge is -2.36. The summed E-state index contributed by atoms with van der Waals surface area (Å²) in [5.41, 5.74) is 0.377. The van der Waals surface area contributed by atoms with Crippen LogP contribution in [0.5, 0.6) is 0 Å². The van der Waals surface area contributed by atoms with Crippen LogP contribution in [0.2, 0.25) is 0 Å². The third-order valence-electron chi connectivity index (χ3n) is 3.85. The topological polar surface area (TPSA) is 82.1 Å². The minimum Gasteiger partial charge on any atom is -0.444 e. The fourth-order valence-electron chi connectivity index (χ4n) is 2.52. The van der Waals surface area contributed by atoms with E-state index in [1.807, 2.05) is 6.92 Å². The summed E-state index contributed by atoms with van der Waals surface area (Å²) >= 11 is 0. The summed E-state index contributed by atoms with van der Waals surface area (Å²) in [7, 11) is -3.82. The van der Waals surface area contributed by atoms with Gasteiger partial charge in [-0.15, -0.1) is 0 Å². The first-order chi connectivity index (χ1) is 12.1. The molecule has 0 saturated carbocycles. The summed E-state index contributed by atoms with van der Waals surface area (Å²) in [5, 5.41) is 0. The summed E-state index contributed by atoms with van der Waals surface area (Å²) in [6.07, 6.45) is -0.0863. The van der Waals surface area contributed by atoms with Crippen LogP contribution >= 0.6 is 0 Å². The molecule has 2 rings (SSSR count). The van der Waals surface area contributed by atoms with Crippen molar-refractivity contribution < 1.29 is 26.9 Å². The van der Waals surface area contributed by atoms with Gasteiger partial charge in [0, 0.05) is 6.54 Å². The highest BCUT2D eigenvalue weighted by atomic mass is 32.2. The summed E-state index contributed by atoms with van der Waals surface area (Å²) in [5.74, 6) is 0. The number of nitrogens with zero attached hydrogens (tertiary/aromatic N) is 1. The molecule has 1 heterocycles. The second kappa shape index (κ2) is 8.37. The molecule has 0 bridgehead atoms. The molecule has 1 aliphatic rings. The van der Waals surface area contributed by atoms with E-state index in [0.29, 0.717) is 26.2 Å². The maximum atomic E-state index is 12.3. The molecule has 0 aliphatic carbocycles. The van der Waals surface area contributed by atoms with Gasteiger partial charge in [0.25, 0.3) is 10.1 Å². The summed E-state index contributed by atoms with van der Waals surface area (Å²) < 4.78 is 40.4. The van der Waals surface area contributed by atoms with E-state index in [9.17, 15) is 13.2 Å². The monoisotopic (exact) mass is 385 g/mol. The number of hydrogen-bond acceptors (Lipinski definition) is 6. The predicted octanol–water partition coefficient (Wildman–Crippen LogP) is 2.73. The van der Waals surface area contributed by atoms with Gasteiger partial charge in [-0.3, -0.25) is 4.18 Å². The number of hydrogen-bond donors (Lipinski definition) is 0. The number of benzene rings is 1. The van der Waals surface area contributed by atoms with Crippen molar-refractivity contribution in [3.63, 3.8) is 0 Å². The number of morpholine rings is 1. The Bertz CT molecular complexity index is 708. The van der Waals surface area contributed by atoms with Crippen molar-refractivity contribution in [2.45, 2.75) is 50.7 Å². The molecule has 7 nitrogen and oxygen atoms in total. The molecule has 0 radical (unpaired) electrons. The smallest absolute Gasteiger partial charge is 0.410 e. The van der Waals surface area contributed by atoms with Gasteiger partial charge in [0.05, 0.1) is 30.8 Å². The minimum atomic E-state index is -3.82. The molecule has 0 spiro atoms. The molecule has 26 heavy (non-hydrogen) atoms. The van der Waals surface area contributed by atoms with Crippen LogP contribution in [0.3, 0.4) is 0 Å². The van der Waals surface area contributed by atoms with Gasteiger partial charge in [-0.25, -0.2) is 4.79 Å². The summed E-state index contributed by atoms with van der Waals surface area (Å²) in [4.78, 5) is 14.0. The van der Waals surface area contributed by atoms with Gasteiger partial charge >= 0.3 is 6.09 Å². The lowest BCUT2D eigenvalue weighted by molar-refractivity contribution is -0.0359. The van der Waals surface area contributed by atoms with Crippen LogP contribution in [0.15, 0.2) is 29.2 Å². The van der Waals surface area contributed by atoms with Crippen molar-refractivity contribution in [1.29, 1.82) is 0 Å². The number of carbonyl (C=O) groups is 1. The first kappa shape index (κ1) is 20.7. The average molecular weight is 385 g/mol. The van der Waals surface area contributed by atoms with Crippen LogP contribution in [0.1, 0.15) is 32.8 Å². The maximum Gasteiger partial charge on any atom is 0.410 e. The first-order valence-electron chi connectivity index (χ1n) is 8.62. The second-order valence-corrected chi connectivity index (χ2v) is 8.90. The highest BCUT2D eigenvalue weighted by molar-refractivity contribution is 7.86. The largest absolute Gasteiger partial charge is 0.444 e. The Morgan fingerprint density at radius 1 is 1.27 bits per heavy atom. The molecule has 0 unspecified atom stereocenters. The molecular formula is C18H27NO6S. The molecule has 8 heteroatoms. The molecule has 1 atom stereocenters. The Balaban J connectivity index is 1.93. The lowest BCUT2D eigenvalue weighted by Crippen LogP contribution is -2.50. The van der Waals surface area contributed by atoms with Gasteiger partial charge < -0.3 is 14.4 Å². The Kier molecular flexibility index (Phi) is 6.65. The van der Waals surface area contributed by atoms with E-state index in [2.05, 4.69) is 0 Å². The van der Waals surface area contributed by atoms with E-state index < -0.39 is 21.8 Å². The standard InChI is InChI=1S/C18H27NO6S/c1-14-5-7-16(8-6-14)26(21,22)24-11-9-15-13-23-12-10-19(15)17(20)25-18(2,3)4/h5-8,15H,9-13H2,1-4H3/t15-/m0/s1. The van der Waals surface area contributed by atoms with E-state index in [1.165, 1.54) is 12.1 Å². The number of amides is 1. The Morgan fingerprint density at radius 2 is 1.92 bits per heavy atom. The zero-order valence-corrected chi connectivity index (χ0v) is 16.5. The highest BCUT2D eigenvalue weighted by Crippen LogP contribution is 2.18. The van der Waals surface area contributed by atoms with Gasteiger partial charge in [-0.1, -0.05) is 17.7 Å². The van der Waals surface area contributed by atoms with Gasteiger partial charge in [-0.2, -0.15) is 8.42 Å². The van der Waals surface area contributed by atoms with E-state index in [4.69, 9.17) is 13.7 Å². The van der Waals surface area contributed by atoms with Crippen LogP contribution in [0, 0.1) is 6.92 Å². The fraction of sp³-hybridized carbons (Fsp3) is 0.611. The predicted molar refractivity (Wildman–Crippen MR) is 96.5 cm³/mol. The molecule has 1 aromatic rings. The normalized spacial score (nSPS) is 18.6. The van der Waals surface area contributed by atoms with Gasteiger partial charge in [-0.05, 0) is 46.2 Å². The number of ether oxygens (including phenoxy) is 2. The molecule has 1 aromatic carbocycles. The van der Waals surface area contributed by atoms with E-state index in [-0.39, 0.29) is 17.5 Å². The van der Waals surface area contributed by atoms with Crippen LogP contribution in [0.25, 0.3) is 0 Å². The molecule has 146 valence electrons. The highest BCUT2D eigenvalue weighted by Gasteiger charge is 2.31. The van der Waals surface area contributed by atoms with Crippen LogP contribution in [-0.2, 0) is 23.8 Å². The van der Waals surface area contributed by atoms with E-state index >= 15 is 0 Å². The minimum absolute atomic E-state index is 0.0382. The fourth-order valence-corrected chi connectivity index (χ4v) is 3.44. The summed E-state index contributed by atoms with van der Waals surface area (Å²) in [6.45, 7) is 8.41. The number of aryl methyl sites for hydroxylation is 1. The van der Waals surface area contributed by atoms with Crippen molar-refractivity contribution in [1.82, 2.24) is 4.90 Å². The number of carbonyl (C=O) groups excluding carboxylic acids is 1. The molecule has 0 N–H and O–H groups in total. The van der Waals surface area contributed by atoms with Gasteiger partial charge in [0.1, 0.15) is 5.60 Å². The van der Waals surface area contributed by atoms with Crippen LogP contribution in [-0.4, -0.2) is 57.4 Å². The zero-order chi connectivity index (χ0) is 19.4. The van der Waals surface area contributed by atoms with Crippen molar-refractivity contribution in [2.24, 2.45) is 0 Å². The van der Waals surface area contributed by atoms with Crippen molar-refractivity contribution >= 4 is 16.2 Å². The molecular weight excluding hydrogens is 358 g/mol. The average Bonchev–Trinajstić information content (AvgIpc) is 2.54. The second-order valence-electron chi connectivity index (χ2n) is 7.28. The third kappa shape index (κ3) is 5.96. The van der Waals surface area contributed by atoms with Crippen molar-refractivity contribution in [3.8, 4) is 0 Å². The third-order valence-corrected chi connectivity index (χ3v) is 5.18. The first-order valence-corrected chi connectivity index (χ1v) is 10.0. The molecule has 0 aromatic heterocycles. The Labute approximate surface area is 155 Å². The molecule has 1 fully saturated rings. The van der Waals surface area contributed by atoms with Crippen molar-refractivity contribution in [2.75, 3.05) is 26.4 Å². The molecule has 1 aliphatic heterocycles. The van der Waals surface area contributed by atoms with Gasteiger partial charge in [0.15, 0.2) is 0 Å². The van der Waals surface area contributed by atoms with Crippen molar-refractivity contribution in [3.05, 3.63) is 29.8 Å². The van der Waals surface area contributed by atoms with E-state index in [1.54, 1.807) is 37.8 Å². The van der Waals surface area contributed by atoms with Gasteiger partial charge in [0.2, 0.25) is 0 Å². The maximum absolute atomic E-state index is 12.3. The Hall–Kier alpha value is -1.64. The molecule has 1 saturated heterocycles. The molecule has 1 amide bonds. The summed E-state index contributed by atoms with van der Waals surface area (Å²) in [6, 6.07) is 6.18. The zero-order valence-electron chi connectivity index (χ0n) is 15.7. The quantitative estimate of drug-likeness (QED) is 0.725. The SMILES string of the molecule is Cc1ccc(S(=O)(=O)OCC[C@H]2COCCN2C(=O)OC(C)(C)C)cc1. The lowest BCUT2D eigenvalue weighted by atomic mass is 10.1. The van der Waals surface area contributed by atoms with E-state index in [0.717, 1.165) is 5.56 Å². The van der Waals surface area contributed by atoms with Crippen LogP contribution in [0.4, 0.5) is 4.79 Å².